The molecule has 3 aromatic rings. The number of pyridine rings is 1. The lowest BCUT2D eigenvalue weighted by Gasteiger charge is -2.27. The van der Waals surface area contributed by atoms with Gasteiger partial charge in [0, 0.05) is 31.5 Å². The molecule has 0 spiro atoms. The van der Waals surface area contributed by atoms with Gasteiger partial charge in [-0.25, -0.2) is 0 Å². The molecule has 4 nitrogen and oxygen atoms in total. The minimum Gasteiger partial charge on any atom is -0.383 e. The van der Waals surface area contributed by atoms with Crippen molar-refractivity contribution in [1.29, 1.82) is 0 Å². The van der Waals surface area contributed by atoms with E-state index in [4.69, 9.17) is 0 Å². The highest BCUT2D eigenvalue weighted by Crippen LogP contribution is 2.16. The highest BCUT2D eigenvalue weighted by Gasteiger charge is 2.19. The zero-order valence-electron chi connectivity index (χ0n) is 16.5. The van der Waals surface area contributed by atoms with E-state index in [-0.39, 0.29) is 11.9 Å². The molecule has 0 aliphatic rings. The van der Waals surface area contributed by atoms with Gasteiger partial charge in [-0.05, 0) is 37.5 Å². The Morgan fingerprint density at radius 2 is 1.61 bits per heavy atom. The first-order chi connectivity index (χ1) is 13.6. The summed E-state index contributed by atoms with van der Waals surface area (Å²) in [6, 6.07) is 22.4. The van der Waals surface area contributed by atoms with Gasteiger partial charge in [-0.1, -0.05) is 60.7 Å². The Labute approximate surface area is 167 Å². The fraction of sp³-hybridized carbons (Fsp3) is 0.250. The third-order valence-electron chi connectivity index (χ3n) is 4.65. The van der Waals surface area contributed by atoms with E-state index in [2.05, 4.69) is 22.4 Å². The van der Waals surface area contributed by atoms with E-state index in [1.165, 1.54) is 5.56 Å². The maximum absolute atomic E-state index is 13.1. The SMILES string of the molecule is CC(C)N(Cc1ccccc1)C(=O)c1cncc(NCCc2ccccc2)c1. The van der Waals surface area contributed by atoms with E-state index >= 15 is 0 Å². The fourth-order valence-corrected chi connectivity index (χ4v) is 3.08. The molecule has 0 fully saturated rings. The van der Waals surface area contributed by atoms with E-state index in [1.54, 1.807) is 12.4 Å². The van der Waals surface area contributed by atoms with Crippen LogP contribution in [0.3, 0.4) is 0 Å². The van der Waals surface area contributed by atoms with Crippen LogP contribution in [0, 0.1) is 0 Å². The molecule has 1 aromatic heterocycles. The minimum atomic E-state index is -0.00179. The monoisotopic (exact) mass is 373 g/mol. The molecule has 144 valence electrons. The maximum Gasteiger partial charge on any atom is 0.256 e. The molecule has 1 N–H and O–H groups in total. The molecule has 0 aliphatic carbocycles. The van der Waals surface area contributed by atoms with Gasteiger partial charge in [0.1, 0.15) is 0 Å². The number of benzene rings is 2. The molecule has 0 saturated carbocycles. The van der Waals surface area contributed by atoms with Gasteiger partial charge in [-0.15, -0.1) is 0 Å². The van der Waals surface area contributed by atoms with Crippen molar-refractivity contribution >= 4 is 11.6 Å². The summed E-state index contributed by atoms with van der Waals surface area (Å²) in [6.07, 6.45) is 4.33. The number of anilines is 1. The second-order valence-corrected chi connectivity index (χ2v) is 7.14. The fourth-order valence-electron chi connectivity index (χ4n) is 3.08. The van der Waals surface area contributed by atoms with Gasteiger partial charge in [-0.3, -0.25) is 9.78 Å². The summed E-state index contributed by atoms with van der Waals surface area (Å²) in [5, 5.41) is 3.37. The Balaban J connectivity index is 1.66. The summed E-state index contributed by atoms with van der Waals surface area (Å²) in [6.45, 7) is 5.46. The Kier molecular flexibility index (Phi) is 6.79. The second kappa shape index (κ2) is 9.70. The molecular formula is C24H27N3O. The van der Waals surface area contributed by atoms with Crippen LogP contribution in [0.1, 0.15) is 35.3 Å². The molecule has 0 unspecified atom stereocenters. The van der Waals surface area contributed by atoms with Crippen molar-refractivity contribution in [1.82, 2.24) is 9.88 Å². The van der Waals surface area contributed by atoms with Gasteiger partial charge in [0.25, 0.3) is 5.91 Å². The zero-order chi connectivity index (χ0) is 19.8. The highest BCUT2D eigenvalue weighted by molar-refractivity contribution is 5.94. The lowest BCUT2D eigenvalue weighted by Crippen LogP contribution is -2.36. The van der Waals surface area contributed by atoms with Gasteiger partial charge in [0.05, 0.1) is 11.3 Å². The van der Waals surface area contributed by atoms with Crippen molar-refractivity contribution in [3.8, 4) is 0 Å². The number of hydrogen-bond acceptors (Lipinski definition) is 3. The van der Waals surface area contributed by atoms with Crippen LogP contribution in [0.25, 0.3) is 0 Å². The zero-order valence-corrected chi connectivity index (χ0v) is 16.5. The quantitative estimate of drug-likeness (QED) is 0.618. The first kappa shape index (κ1) is 19.6. The Bertz CT molecular complexity index is 879. The van der Waals surface area contributed by atoms with Crippen molar-refractivity contribution in [2.45, 2.75) is 32.9 Å². The lowest BCUT2D eigenvalue weighted by atomic mass is 10.1. The van der Waals surface area contributed by atoms with E-state index in [1.807, 2.05) is 73.3 Å². The van der Waals surface area contributed by atoms with Crippen molar-refractivity contribution in [3.05, 3.63) is 95.8 Å². The molecule has 0 saturated heterocycles. The Morgan fingerprint density at radius 1 is 0.964 bits per heavy atom. The molecule has 4 heteroatoms. The first-order valence-corrected chi connectivity index (χ1v) is 9.71. The number of nitrogens with zero attached hydrogens (tertiary/aromatic N) is 2. The maximum atomic E-state index is 13.1. The summed E-state index contributed by atoms with van der Waals surface area (Å²) < 4.78 is 0. The number of carbonyl (C=O) groups excluding carboxylic acids is 1. The number of carbonyl (C=O) groups is 1. The first-order valence-electron chi connectivity index (χ1n) is 9.71. The van der Waals surface area contributed by atoms with Crippen molar-refractivity contribution in [2.24, 2.45) is 0 Å². The summed E-state index contributed by atoms with van der Waals surface area (Å²) in [5.41, 5.74) is 3.87. The van der Waals surface area contributed by atoms with Crippen LogP contribution in [0.4, 0.5) is 5.69 Å². The van der Waals surface area contributed by atoms with Crippen molar-refractivity contribution in [2.75, 3.05) is 11.9 Å². The Morgan fingerprint density at radius 3 is 2.25 bits per heavy atom. The molecule has 1 amide bonds. The van der Waals surface area contributed by atoms with Crippen LogP contribution >= 0.6 is 0 Å². The third-order valence-corrected chi connectivity index (χ3v) is 4.65. The largest absolute Gasteiger partial charge is 0.383 e. The number of hydrogen-bond donors (Lipinski definition) is 1. The number of aromatic nitrogens is 1. The molecule has 0 atom stereocenters. The molecule has 0 radical (unpaired) electrons. The van der Waals surface area contributed by atoms with Crippen LogP contribution in [-0.2, 0) is 13.0 Å². The van der Waals surface area contributed by atoms with Gasteiger partial charge in [0.2, 0.25) is 0 Å². The molecule has 0 bridgehead atoms. The van der Waals surface area contributed by atoms with Gasteiger partial charge < -0.3 is 10.2 Å². The number of nitrogens with one attached hydrogen (secondary N) is 1. The van der Waals surface area contributed by atoms with Crippen LogP contribution in [0.5, 0.6) is 0 Å². The highest BCUT2D eigenvalue weighted by atomic mass is 16.2. The Hall–Kier alpha value is -3.14. The predicted molar refractivity (Wildman–Crippen MR) is 114 cm³/mol. The molecule has 1 heterocycles. The smallest absolute Gasteiger partial charge is 0.256 e. The average Bonchev–Trinajstić information content (AvgIpc) is 2.73. The summed E-state index contributed by atoms with van der Waals surface area (Å²) in [5.74, 6) is -0.00179. The molecule has 3 rings (SSSR count). The van der Waals surface area contributed by atoms with Gasteiger partial charge >= 0.3 is 0 Å². The van der Waals surface area contributed by atoms with Crippen LogP contribution < -0.4 is 5.32 Å². The van der Waals surface area contributed by atoms with Gasteiger partial charge in [-0.2, -0.15) is 0 Å². The number of rotatable bonds is 8. The average molecular weight is 374 g/mol. The van der Waals surface area contributed by atoms with E-state index in [9.17, 15) is 4.79 Å². The van der Waals surface area contributed by atoms with E-state index < -0.39 is 0 Å². The van der Waals surface area contributed by atoms with Gasteiger partial charge in [0.15, 0.2) is 0 Å². The molecule has 28 heavy (non-hydrogen) atoms. The van der Waals surface area contributed by atoms with Crippen LogP contribution in [-0.4, -0.2) is 28.4 Å². The van der Waals surface area contributed by atoms with Crippen molar-refractivity contribution < 1.29 is 4.79 Å². The van der Waals surface area contributed by atoms with E-state index in [0.29, 0.717) is 12.1 Å². The predicted octanol–water partition coefficient (Wildman–Crippen LogP) is 4.79. The summed E-state index contributed by atoms with van der Waals surface area (Å²) in [7, 11) is 0. The summed E-state index contributed by atoms with van der Waals surface area (Å²) in [4.78, 5) is 19.2. The van der Waals surface area contributed by atoms with E-state index in [0.717, 1.165) is 24.2 Å². The molecule has 2 aromatic carbocycles. The second-order valence-electron chi connectivity index (χ2n) is 7.14. The standard InChI is InChI=1S/C24H27N3O/c1-19(2)27(18-21-11-7-4-8-12-21)24(28)22-15-23(17-25-16-22)26-14-13-20-9-5-3-6-10-20/h3-12,15-17,19,26H,13-14,18H2,1-2H3. The molecular weight excluding hydrogens is 346 g/mol. The number of amides is 1. The normalized spacial score (nSPS) is 10.7. The topological polar surface area (TPSA) is 45.2 Å². The van der Waals surface area contributed by atoms with Crippen LogP contribution in [0.2, 0.25) is 0 Å². The third kappa shape index (κ3) is 5.43. The summed E-state index contributed by atoms with van der Waals surface area (Å²) >= 11 is 0. The van der Waals surface area contributed by atoms with Crippen molar-refractivity contribution in [3.63, 3.8) is 0 Å². The molecule has 0 aliphatic heterocycles. The van der Waals surface area contributed by atoms with Crippen LogP contribution in [0.15, 0.2) is 79.1 Å². The minimum absolute atomic E-state index is 0.00179. The lowest BCUT2D eigenvalue weighted by molar-refractivity contribution is 0.0690.